The van der Waals surface area contributed by atoms with Crippen molar-refractivity contribution in [2.45, 2.75) is 83.1 Å². The van der Waals surface area contributed by atoms with Crippen LogP contribution in [0.15, 0.2) is 0 Å². The van der Waals surface area contributed by atoms with E-state index in [-0.39, 0.29) is 12.5 Å². The largest absolute Gasteiger partial charge is 0.481 e. The summed E-state index contributed by atoms with van der Waals surface area (Å²) in [6.45, 7) is 0.672. The minimum Gasteiger partial charge on any atom is -0.481 e. The van der Waals surface area contributed by atoms with E-state index >= 15 is 0 Å². The van der Waals surface area contributed by atoms with Gasteiger partial charge in [-0.25, -0.2) is 4.79 Å². The third kappa shape index (κ3) is 10.2. The van der Waals surface area contributed by atoms with E-state index < -0.39 is 5.97 Å². The molecule has 0 aromatic rings. The molecule has 1 rings (SSSR count). The Hall–Kier alpha value is -1.26. The SMILES string of the molecule is O=C(O)CCCCCCNC(=O)NC1CCCCCCC1. The molecule has 1 fully saturated rings. The highest BCUT2D eigenvalue weighted by Gasteiger charge is 2.13. The van der Waals surface area contributed by atoms with Crippen LogP contribution >= 0.6 is 0 Å². The molecule has 1 aliphatic rings. The number of carbonyl (C=O) groups excluding carboxylic acids is 1. The topological polar surface area (TPSA) is 78.4 Å². The lowest BCUT2D eigenvalue weighted by atomic mass is 9.97. The average molecular weight is 298 g/mol. The first-order valence-corrected chi connectivity index (χ1v) is 8.44. The van der Waals surface area contributed by atoms with Gasteiger partial charge in [-0.15, -0.1) is 0 Å². The first kappa shape index (κ1) is 17.8. The number of amides is 2. The summed E-state index contributed by atoms with van der Waals surface area (Å²) in [6.07, 6.45) is 12.3. The van der Waals surface area contributed by atoms with Gasteiger partial charge in [-0.1, -0.05) is 44.9 Å². The second-order valence-electron chi connectivity index (χ2n) is 6.00. The fraction of sp³-hybridized carbons (Fsp3) is 0.875. The predicted molar refractivity (Wildman–Crippen MR) is 83.4 cm³/mol. The lowest BCUT2D eigenvalue weighted by Crippen LogP contribution is -2.42. The van der Waals surface area contributed by atoms with Crippen LogP contribution in [0.25, 0.3) is 0 Å². The van der Waals surface area contributed by atoms with Crippen molar-refractivity contribution in [3.8, 4) is 0 Å². The monoisotopic (exact) mass is 298 g/mol. The highest BCUT2D eigenvalue weighted by atomic mass is 16.4. The first-order valence-electron chi connectivity index (χ1n) is 8.44. The van der Waals surface area contributed by atoms with Crippen LogP contribution in [-0.4, -0.2) is 29.7 Å². The van der Waals surface area contributed by atoms with Crippen molar-refractivity contribution < 1.29 is 14.7 Å². The van der Waals surface area contributed by atoms with Crippen LogP contribution in [0, 0.1) is 0 Å². The summed E-state index contributed by atoms with van der Waals surface area (Å²) in [5.74, 6) is -0.730. The zero-order valence-corrected chi connectivity index (χ0v) is 13.0. The zero-order chi connectivity index (χ0) is 15.3. The van der Waals surface area contributed by atoms with Gasteiger partial charge in [-0.3, -0.25) is 4.79 Å². The van der Waals surface area contributed by atoms with E-state index in [1.807, 2.05) is 0 Å². The maximum atomic E-state index is 11.8. The molecule has 122 valence electrons. The Morgan fingerprint density at radius 2 is 1.52 bits per heavy atom. The normalized spacial score (nSPS) is 16.8. The molecule has 5 heteroatoms. The molecule has 0 aromatic heterocycles. The summed E-state index contributed by atoms with van der Waals surface area (Å²) < 4.78 is 0. The summed E-state index contributed by atoms with van der Waals surface area (Å²) >= 11 is 0. The summed E-state index contributed by atoms with van der Waals surface area (Å²) in [7, 11) is 0. The fourth-order valence-electron chi connectivity index (χ4n) is 2.79. The van der Waals surface area contributed by atoms with Crippen molar-refractivity contribution in [1.82, 2.24) is 10.6 Å². The van der Waals surface area contributed by atoms with Crippen LogP contribution in [0.3, 0.4) is 0 Å². The molecule has 0 spiro atoms. The number of nitrogens with one attached hydrogen (secondary N) is 2. The van der Waals surface area contributed by atoms with Gasteiger partial charge in [-0.2, -0.15) is 0 Å². The Labute approximate surface area is 127 Å². The maximum Gasteiger partial charge on any atom is 0.315 e. The van der Waals surface area contributed by atoms with Crippen molar-refractivity contribution in [2.24, 2.45) is 0 Å². The summed E-state index contributed by atoms with van der Waals surface area (Å²) in [6, 6.07) is 0.284. The number of hydrogen-bond donors (Lipinski definition) is 3. The van der Waals surface area contributed by atoms with Gasteiger partial charge in [0, 0.05) is 19.0 Å². The lowest BCUT2D eigenvalue weighted by molar-refractivity contribution is -0.137. The second-order valence-corrected chi connectivity index (χ2v) is 6.00. The average Bonchev–Trinajstić information content (AvgIpc) is 2.40. The number of aliphatic carboxylic acids is 1. The van der Waals surface area contributed by atoms with E-state index in [0.29, 0.717) is 12.6 Å². The molecule has 0 aliphatic heterocycles. The molecule has 0 unspecified atom stereocenters. The number of unbranched alkanes of at least 4 members (excludes halogenated alkanes) is 3. The highest BCUT2D eigenvalue weighted by Crippen LogP contribution is 2.16. The Kier molecular flexibility index (Phi) is 9.66. The molecule has 0 aromatic carbocycles. The molecule has 1 saturated carbocycles. The first-order chi connectivity index (χ1) is 10.2. The van der Waals surface area contributed by atoms with Crippen LogP contribution in [0.4, 0.5) is 4.79 Å². The molecule has 0 bridgehead atoms. The van der Waals surface area contributed by atoms with Crippen LogP contribution < -0.4 is 10.6 Å². The van der Waals surface area contributed by atoms with Gasteiger partial charge in [0.15, 0.2) is 0 Å². The Bertz CT molecular complexity index is 300. The highest BCUT2D eigenvalue weighted by molar-refractivity contribution is 5.74. The summed E-state index contributed by atoms with van der Waals surface area (Å²) in [5, 5.41) is 14.5. The number of carboxylic acids is 1. The summed E-state index contributed by atoms with van der Waals surface area (Å²) in [5.41, 5.74) is 0. The molecule has 0 heterocycles. The van der Waals surface area contributed by atoms with Gasteiger partial charge in [0.2, 0.25) is 0 Å². The Balaban J connectivity index is 1.98. The number of urea groups is 1. The van der Waals surface area contributed by atoms with Gasteiger partial charge in [-0.05, 0) is 25.7 Å². The van der Waals surface area contributed by atoms with E-state index in [9.17, 15) is 9.59 Å². The van der Waals surface area contributed by atoms with Gasteiger partial charge in [0.05, 0.1) is 0 Å². The minimum absolute atomic E-state index is 0.0499. The van der Waals surface area contributed by atoms with Gasteiger partial charge >= 0.3 is 12.0 Å². The predicted octanol–water partition coefficient (Wildman–Crippen LogP) is 3.43. The number of carboxylic acid groups (broad SMARTS) is 1. The van der Waals surface area contributed by atoms with Gasteiger partial charge in [0.1, 0.15) is 0 Å². The maximum absolute atomic E-state index is 11.8. The zero-order valence-electron chi connectivity index (χ0n) is 13.0. The molecular formula is C16H30N2O3. The molecule has 21 heavy (non-hydrogen) atoms. The van der Waals surface area contributed by atoms with Crippen molar-refractivity contribution in [1.29, 1.82) is 0 Å². The summed E-state index contributed by atoms with van der Waals surface area (Å²) in [4.78, 5) is 22.1. The molecule has 5 nitrogen and oxygen atoms in total. The van der Waals surface area contributed by atoms with Gasteiger partial charge in [0.25, 0.3) is 0 Å². The van der Waals surface area contributed by atoms with Crippen LogP contribution in [0.5, 0.6) is 0 Å². The fourth-order valence-corrected chi connectivity index (χ4v) is 2.79. The third-order valence-corrected chi connectivity index (χ3v) is 4.04. The molecule has 0 radical (unpaired) electrons. The molecule has 0 atom stereocenters. The van der Waals surface area contributed by atoms with Crippen molar-refractivity contribution in [3.63, 3.8) is 0 Å². The molecule has 2 amide bonds. The van der Waals surface area contributed by atoms with E-state index in [4.69, 9.17) is 5.11 Å². The van der Waals surface area contributed by atoms with E-state index in [0.717, 1.165) is 38.5 Å². The number of hydrogen-bond acceptors (Lipinski definition) is 2. The minimum atomic E-state index is -0.730. The van der Waals surface area contributed by atoms with E-state index in [1.54, 1.807) is 0 Å². The Morgan fingerprint density at radius 3 is 2.19 bits per heavy atom. The number of rotatable bonds is 8. The van der Waals surface area contributed by atoms with Crippen molar-refractivity contribution >= 4 is 12.0 Å². The van der Waals surface area contributed by atoms with E-state index in [1.165, 1.54) is 32.1 Å². The standard InChI is InChI=1S/C16H30N2O3/c19-15(20)12-8-4-5-9-13-17-16(21)18-14-10-6-2-1-3-7-11-14/h14H,1-13H2,(H,19,20)(H2,17,18,21). The van der Waals surface area contributed by atoms with Crippen molar-refractivity contribution in [2.75, 3.05) is 6.54 Å². The van der Waals surface area contributed by atoms with Gasteiger partial charge < -0.3 is 15.7 Å². The molecule has 3 N–H and O–H groups in total. The molecule has 0 saturated heterocycles. The van der Waals surface area contributed by atoms with Crippen molar-refractivity contribution in [3.05, 3.63) is 0 Å². The van der Waals surface area contributed by atoms with Crippen LogP contribution in [-0.2, 0) is 4.79 Å². The smallest absolute Gasteiger partial charge is 0.315 e. The van der Waals surface area contributed by atoms with Crippen LogP contribution in [0.1, 0.15) is 77.0 Å². The number of carbonyl (C=O) groups is 2. The Morgan fingerprint density at radius 1 is 0.905 bits per heavy atom. The molecular weight excluding hydrogens is 268 g/mol. The van der Waals surface area contributed by atoms with E-state index in [2.05, 4.69) is 10.6 Å². The molecule has 1 aliphatic carbocycles. The second kappa shape index (κ2) is 11.4. The quantitative estimate of drug-likeness (QED) is 0.601. The lowest BCUT2D eigenvalue weighted by Gasteiger charge is -2.21. The van der Waals surface area contributed by atoms with Crippen LogP contribution in [0.2, 0.25) is 0 Å². The third-order valence-electron chi connectivity index (χ3n) is 4.04.